The highest BCUT2D eigenvalue weighted by Gasteiger charge is 2.12. The summed E-state index contributed by atoms with van der Waals surface area (Å²) in [6, 6.07) is 21.8. The molecule has 5 heteroatoms. The van der Waals surface area contributed by atoms with Gasteiger partial charge in [0.2, 0.25) is 0 Å². The van der Waals surface area contributed by atoms with E-state index in [-0.39, 0.29) is 5.91 Å². The molecule has 0 atom stereocenters. The predicted molar refractivity (Wildman–Crippen MR) is 113 cm³/mol. The van der Waals surface area contributed by atoms with E-state index in [4.69, 9.17) is 0 Å². The van der Waals surface area contributed by atoms with Crippen LogP contribution in [0, 0.1) is 0 Å². The summed E-state index contributed by atoms with van der Waals surface area (Å²) in [7, 11) is 0. The summed E-state index contributed by atoms with van der Waals surface area (Å²) in [6.45, 7) is 3.43. The molecule has 0 aliphatic heterocycles. The Balaban J connectivity index is 1.72. The summed E-state index contributed by atoms with van der Waals surface area (Å²) >= 11 is 0. The van der Waals surface area contributed by atoms with Crippen molar-refractivity contribution in [3.8, 4) is 11.4 Å². The summed E-state index contributed by atoms with van der Waals surface area (Å²) in [5.41, 5.74) is 2.59. The molecule has 1 amide bonds. The quantitative estimate of drug-likeness (QED) is 0.547. The van der Waals surface area contributed by atoms with Crippen molar-refractivity contribution in [2.24, 2.45) is 0 Å². The minimum absolute atomic E-state index is 0.172. The average Bonchev–Trinajstić information content (AvgIpc) is 2.76. The zero-order chi connectivity index (χ0) is 19.6. The van der Waals surface area contributed by atoms with Crippen LogP contribution >= 0.6 is 0 Å². The molecule has 28 heavy (non-hydrogen) atoms. The van der Waals surface area contributed by atoms with Crippen molar-refractivity contribution in [2.45, 2.75) is 26.2 Å². The maximum Gasteiger partial charge on any atom is 0.270 e. The number of hydrogen-bond acceptors (Lipinski definition) is 4. The number of nitrogens with one attached hydrogen (secondary N) is 2. The Morgan fingerprint density at radius 1 is 0.929 bits per heavy atom. The van der Waals surface area contributed by atoms with Gasteiger partial charge in [0.25, 0.3) is 5.91 Å². The highest BCUT2D eigenvalue weighted by atomic mass is 16.1. The Morgan fingerprint density at radius 2 is 1.64 bits per heavy atom. The number of anilines is 1. The molecule has 0 aliphatic carbocycles. The summed E-state index contributed by atoms with van der Waals surface area (Å²) in [6.07, 6.45) is 2.85. The third kappa shape index (κ3) is 5.64. The second kappa shape index (κ2) is 10.2. The van der Waals surface area contributed by atoms with Crippen LogP contribution in [0.4, 0.5) is 5.82 Å². The van der Waals surface area contributed by atoms with Crippen molar-refractivity contribution in [1.29, 1.82) is 0 Å². The SMILES string of the molecule is CCCNC(=O)c1cc(NCCCc2ccccc2)nc(-c2ccccc2)n1. The number of benzene rings is 2. The summed E-state index contributed by atoms with van der Waals surface area (Å²) in [4.78, 5) is 21.5. The van der Waals surface area contributed by atoms with Crippen molar-refractivity contribution in [2.75, 3.05) is 18.4 Å². The maximum absolute atomic E-state index is 12.4. The van der Waals surface area contributed by atoms with Gasteiger partial charge in [0.05, 0.1) is 0 Å². The first-order valence-electron chi connectivity index (χ1n) is 9.77. The molecular formula is C23H26N4O. The van der Waals surface area contributed by atoms with Crippen molar-refractivity contribution in [3.63, 3.8) is 0 Å². The summed E-state index contributed by atoms with van der Waals surface area (Å²) in [5.74, 6) is 1.05. The number of aryl methyl sites for hydroxylation is 1. The molecule has 5 nitrogen and oxygen atoms in total. The molecule has 144 valence electrons. The maximum atomic E-state index is 12.4. The fourth-order valence-corrected chi connectivity index (χ4v) is 2.85. The minimum atomic E-state index is -0.172. The van der Waals surface area contributed by atoms with E-state index in [9.17, 15) is 4.79 Å². The Hall–Kier alpha value is -3.21. The third-order valence-electron chi connectivity index (χ3n) is 4.32. The summed E-state index contributed by atoms with van der Waals surface area (Å²) < 4.78 is 0. The molecule has 0 fully saturated rings. The Bertz CT molecular complexity index is 882. The lowest BCUT2D eigenvalue weighted by molar-refractivity contribution is 0.0948. The number of rotatable bonds is 9. The summed E-state index contributed by atoms with van der Waals surface area (Å²) in [5, 5.41) is 6.23. The molecule has 1 aromatic heterocycles. The van der Waals surface area contributed by atoms with Crippen LogP contribution in [0.5, 0.6) is 0 Å². The molecule has 2 aromatic carbocycles. The number of aromatic nitrogens is 2. The molecule has 0 unspecified atom stereocenters. The van der Waals surface area contributed by atoms with E-state index in [0.717, 1.165) is 31.4 Å². The lowest BCUT2D eigenvalue weighted by Crippen LogP contribution is -2.25. The number of carbonyl (C=O) groups is 1. The van der Waals surface area contributed by atoms with Gasteiger partial charge in [-0.2, -0.15) is 0 Å². The second-order valence-corrected chi connectivity index (χ2v) is 6.60. The van der Waals surface area contributed by atoms with Gasteiger partial charge in [0.1, 0.15) is 11.5 Å². The smallest absolute Gasteiger partial charge is 0.270 e. The average molecular weight is 374 g/mol. The van der Waals surface area contributed by atoms with Gasteiger partial charge in [-0.1, -0.05) is 67.6 Å². The molecule has 0 aliphatic rings. The zero-order valence-electron chi connectivity index (χ0n) is 16.2. The Labute approximate surface area is 166 Å². The molecule has 0 radical (unpaired) electrons. The predicted octanol–water partition coefficient (Wildman–Crippen LogP) is 4.33. The van der Waals surface area contributed by atoms with Crippen LogP contribution in [0.15, 0.2) is 66.7 Å². The van der Waals surface area contributed by atoms with E-state index in [1.165, 1.54) is 5.56 Å². The number of carbonyl (C=O) groups excluding carboxylic acids is 1. The van der Waals surface area contributed by atoms with E-state index in [0.29, 0.717) is 23.9 Å². The van der Waals surface area contributed by atoms with Gasteiger partial charge < -0.3 is 10.6 Å². The number of hydrogen-bond donors (Lipinski definition) is 2. The molecule has 2 N–H and O–H groups in total. The standard InChI is InChI=1S/C23H26N4O/c1-2-15-25-23(28)20-17-21(24-16-9-12-18-10-5-3-6-11-18)27-22(26-20)19-13-7-4-8-14-19/h3-8,10-11,13-14,17H,2,9,12,15-16H2,1H3,(H,25,28)(H,24,26,27). The normalized spacial score (nSPS) is 10.5. The highest BCUT2D eigenvalue weighted by Crippen LogP contribution is 2.18. The molecule has 0 saturated carbocycles. The Kier molecular flexibility index (Phi) is 7.13. The largest absolute Gasteiger partial charge is 0.370 e. The molecule has 3 rings (SSSR count). The molecule has 0 bridgehead atoms. The Morgan fingerprint density at radius 3 is 2.36 bits per heavy atom. The monoisotopic (exact) mass is 374 g/mol. The van der Waals surface area contributed by atoms with E-state index in [2.05, 4.69) is 44.9 Å². The topological polar surface area (TPSA) is 66.9 Å². The van der Waals surface area contributed by atoms with Crippen LogP contribution in [-0.2, 0) is 6.42 Å². The van der Waals surface area contributed by atoms with Gasteiger partial charge in [-0.25, -0.2) is 9.97 Å². The van der Waals surface area contributed by atoms with Crippen LogP contribution in [0.2, 0.25) is 0 Å². The van der Waals surface area contributed by atoms with Gasteiger partial charge in [-0.3, -0.25) is 4.79 Å². The van der Waals surface area contributed by atoms with E-state index >= 15 is 0 Å². The molecular weight excluding hydrogens is 348 g/mol. The van der Waals surface area contributed by atoms with Crippen LogP contribution in [0.25, 0.3) is 11.4 Å². The lowest BCUT2D eigenvalue weighted by atomic mass is 10.1. The van der Waals surface area contributed by atoms with Gasteiger partial charge >= 0.3 is 0 Å². The van der Waals surface area contributed by atoms with Crippen molar-refractivity contribution < 1.29 is 4.79 Å². The van der Waals surface area contributed by atoms with E-state index in [1.807, 2.05) is 43.3 Å². The first kappa shape index (κ1) is 19.5. The van der Waals surface area contributed by atoms with Gasteiger partial charge in [-0.15, -0.1) is 0 Å². The van der Waals surface area contributed by atoms with Crippen LogP contribution < -0.4 is 10.6 Å². The number of amides is 1. The fourth-order valence-electron chi connectivity index (χ4n) is 2.85. The van der Waals surface area contributed by atoms with Crippen molar-refractivity contribution in [1.82, 2.24) is 15.3 Å². The zero-order valence-corrected chi connectivity index (χ0v) is 16.2. The molecule has 3 aromatic rings. The first-order valence-corrected chi connectivity index (χ1v) is 9.77. The highest BCUT2D eigenvalue weighted by molar-refractivity contribution is 5.93. The first-order chi connectivity index (χ1) is 13.8. The van der Waals surface area contributed by atoms with Crippen molar-refractivity contribution in [3.05, 3.63) is 78.0 Å². The van der Waals surface area contributed by atoms with Crippen LogP contribution in [0.3, 0.4) is 0 Å². The van der Waals surface area contributed by atoms with E-state index < -0.39 is 0 Å². The molecule has 1 heterocycles. The van der Waals surface area contributed by atoms with Crippen molar-refractivity contribution >= 4 is 11.7 Å². The van der Waals surface area contributed by atoms with E-state index in [1.54, 1.807) is 6.07 Å². The molecule has 0 spiro atoms. The fraction of sp³-hybridized carbons (Fsp3) is 0.261. The minimum Gasteiger partial charge on any atom is -0.370 e. The third-order valence-corrected chi connectivity index (χ3v) is 4.32. The lowest BCUT2D eigenvalue weighted by Gasteiger charge is -2.10. The number of nitrogens with zero attached hydrogens (tertiary/aromatic N) is 2. The van der Waals surface area contributed by atoms with Gasteiger partial charge in [0.15, 0.2) is 5.82 Å². The van der Waals surface area contributed by atoms with Gasteiger partial charge in [0, 0.05) is 24.7 Å². The van der Waals surface area contributed by atoms with Crippen LogP contribution in [0.1, 0.15) is 35.8 Å². The van der Waals surface area contributed by atoms with Crippen LogP contribution in [-0.4, -0.2) is 29.0 Å². The second-order valence-electron chi connectivity index (χ2n) is 6.60. The molecule has 0 saturated heterocycles. The van der Waals surface area contributed by atoms with Gasteiger partial charge in [-0.05, 0) is 24.8 Å².